The number of rotatable bonds is 18. The Morgan fingerprint density at radius 2 is 0.909 bits per heavy atom. The summed E-state index contributed by atoms with van der Waals surface area (Å²) in [6.07, 6.45) is 19.5. The van der Waals surface area contributed by atoms with E-state index in [0.29, 0.717) is 0 Å². The lowest BCUT2D eigenvalue weighted by molar-refractivity contribution is 0.307. The zero-order chi connectivity index (χ0) is 16.3. The molecule has 0 aliphatic heterocycles. The van der Waals surface area contributed by atoms with Gasteiger partial charge >= 0.3 is 0 Å². The predicted molar refractivity (Wildman–Crippen MR) is 103 cm³/mol. The monoisotopic (exact) mass is 327 g/mol. The van der Waals surface area contributed by atoms with Crippen LogP contribution < -0.4 is 0 Å². The van der Waals surface area contributed by atoms with Crippen LogP contribution in [0.3, 0.4) is 0 Å². The van der Waals surface area contributed by atoms with E-state index in [2.05, 4.69) is 20.8 Å². The van der Waals surface area contributed by atoms with Gasteiger partial charge in [-0.15, -0.1) is 0 Å². The van der Waals surface area contributed by atoms with Gasteiger partial charge in [-0.3, -0.25) is 0 Å². The Balaban J connectivity index is 3.65. The van der Waals surface area contributed by atoms with Crippen molar-refractivity contribution < 1.29 is 4.43 Å². The lowest BCUT2D eigenvalue weighted by Gasteiger charge is -2.15. The van der Waals surface area contributed by atoms with Gasteiger partial charge in [0.15, 0.2) is 0 Å². The minimum atomic E-state index is -0.502. The van der Waals surface area contributed by atoms with Crippen LogP contribution in [0.4, 0.5) is 0 Å². The van der Waals surface area contributed by atoms with Crippen molar-refractivity contribution in [2.75, 3.05) is 6.61 Å². The molecule has 133 valence electrons. The van der Waals surface area contributed by atoms with E-state index in [9.17, 15) is 0 Å². The third-order valence-electron chi connectivity index (χ3n) is 4.42. The molecule has 0 aliphatic rings. The highest BCUT2D eigenvalue weighted by atomic mass is 28.3. The lowest BCUT2D eigenvalue weighted by atomic mass is 10.1. The first-order valence-corrected chi connectivity index (χ1v) is 12.1. The number of hydrogen-bond acceptors (Lipinski definition) is 1. The zero-order valence-electron chi connectivity index (χ0n) is 15.9. The molecule has 1 radical (unpaired) electrons. The van der Waals surface area contributed by atoms with Gasteiger partial charge in [-0.25, -0.2) is 0 Å². The smallest absolute Gasteiger partial charge is 0.211 e. The van der Waals surface area contributed by atoms with Crippen molar-refractivity contribution in [2.24, 2.45) is 0 Å². The molecule has 0 unspecified atom stereocenters. The molecule has 0 aliphatic carbocycles. The van der Waals surface area contributed by atoms with E-state index in [1.165, 1.54) is 102 Å². The Bertz CT molecular complexity index is 180. The minimum absolute atomic E-state index is 0.502. The molecular formula is C20H43OSi. The molecule has 0 amide bonds. The molecule has 0 spiro atoms. The lowest BCUT2D eigenvalue weighted by Crippen LogP contribution is -2.18. The second-order valence-corrected chi connectivity index (χ2v) is 9.14. The van der Waals surface area contributed by atoms with Crippen LogP contribution in [0.1, 0.15) is 111 Å². The highest BCUT2D eigenvalue weighted by molar-refractivity contribution is 6.51. The third kappa shape index (κ3) is 16.5. The standard InChI is InChI=1S/C20H43OSi/c1-4-7-10-12-14-16-19-22(21-18-9-6-3)20-17-15-13-11-8-5-2/h4-20H2,1-3H3. The van der Waals surface area contributed by atoms with Crippen molar-refractivity contribution in [3.63, 3.8) is 0 Å². The molecule has 0 heterocycles. The Morgan fingerprint density at radius 3 is 1.36 bits per heavy atom. The molecule has 0 aromatic rings. The van der Waals surface area contributed by atoms with Gasteiger partial charge in [0.25, 0.3) is 0 Å². The van der Waals surface area contributed by atoms with Crippen molar-refractivity contribution in [3.05, 3.63) is 0 Å². The first-order valence-electron chi connectivity index (χ1n) is 10.3. The first-order chi connectivity index (χ1) is 10.8. The Kier molecular flexibility index (Phi) is 19.4. The van der Waals surface area contributed by atoms with Crippen molar-refractivity contribution in [1.82, 2.24) is 0 Å². The summed E-state index contributed by atoms with van der Waals surface area (Å²) >= 11 is 0. The van der Waals surface area contributed by atoms with Gasteiger partial charge in [0, 0.05) is 6.61 Å². The van der Waals surface area contributed by atoms with Gasteiger partial charge in [-0.1, -0.05) is 104 Å². The van der Waals surface area contributed by atoms with Crippen LogP contribution in [0.2, 0.25) is 12.1 Å². The van der Waals surface area contributed by atoms with E-state index in [1.807, 2.05) is 0 Å². The molecule has 0 bridgehead atoms. The fourth-order valence-electron chi connectivity index (χ4n) is 2.84. The highest BCUT2D eigenvalue weighted by Gasteiger charge is 2.12. The summed E-state index contributed by atoms with van der Waals surface area (Å²) in [5.74, 6) is 0. The summed E-state index contributed by atoms with van der Waals surface area (Å²) < 4.78 is 6.24. The normalized spacial score (nSPS) is 11.5. The average Bonchev–Trinajstić information content (AvgIpc) is 2.53. The predicted octanol–water partition coefficient (Wildman–Crippen LogP) is 7.52. The van der Waals surface area contributed by atoms with Crippen LogP contribution in [0.5, 0.6) is 0 Å². The Morgan fingerprint density at radius 1 is 0.500 bits per heavy atom. The molecule has 1 nitrogen and oxygen atoms in total. The van der Waals surface area contributed by atoms with Crippen LogP contribution in [-0.2, 0) is 4.43 Å². The van der Waals surface area contributed by atoms with Crippen LogP contribution in [0.15, 0.2) is 0 Å². The van der Waals surface area contributed by atoms with E-state index < -0.39 is 9.04 Å². The number of hydrogen-bond donors (Lipinski definition) is 0. The maximum atomic E-state index is 6.24. The zero-order valence-corrected chi connectivity index (χ0v) is 16.9. The van der Waals surface area contributed by atoms with Gasteiger partial charge in [0.05, 0.1) is 0 Å². The summed E-state index contributed by atoms with van der Waals surface area (Å²) in [4.78, 5) is 0. The van der Waals surface area contributed by atoms with E-state index in [1.54, 1.807) is 0 Å². The number of unbranched alkanes of at least 4 members (excludes halogenated alkanes) is 11. The summed E-state index contributed by atoms with van der Waals surface area (Å²) in [5, 5.41) is 0. The van der Waals surface area contributed by atoms with E-state index in [0.717, 1.165) is 6.61 Å². The molecule has 0 atom stereocenters. The van der Waals surface area contributed by atoms with Crippen LogP contribution in [-0.4, -0.2) is 15.6 Å². The second-order valence-electron chi connectivity index (χ2n) is 6.78. The van der Waals surface area contributed by atoms with Crippen molar-refractivity contribution in [2.45, 2.75) is 123 Å². The molecule has 0 fully saturated rings. The van der Waals surface area contributed by atoms with Crippen LogP contribution in [0, 0.1) is 0 Å². The van der Waals surface area contributed by atoms with E-state index in [4.69, 9.17) is 4.43 Å². The molecule has 0 rings (SSSR count). The van der Waals surface area contributed by atoms with Gasteiger partial charge in [0.2, 0.25) is 9.04 Å². The van der Waals surface area contributed by atoms with Crippen molar-refractivity contribution in [1.29, 1.82) is 0 Å². The van der Waals surface area contributed by atoms with E-state index in [-0.39, 0.29) is 0 Å². The van der Waals surface area contributed by atoms with Gasteiger partial charge < -0.3 is 4.43 Å². The van der Waals surface area contributed by atoms with Gasteiger partial charge in [-0.2, -0.15) is 0 Å². The second kappa shape index (κ2) is 19.2. The van der Waals surface area contributed by atoms with E-state index >= 15 is 0 Å². The topological polar surface area (TPSA) is 9.23 Å². The quantitative estimate of drug-likeness (QED) is 0.187. The molecule has 0 saturated heterocycles. The van der Waals surface area contributed by atoms with Crippen LogP contribution in [0.25, 0.3) is 0 Å². The fourth-order valence-corrected chi connectivity index (χ4v) is 5.10. The molecule has 0 N–H and O–H groups in total. The minimum Gasteiger partial charge on any atom is -0.417 e. The van der Waals surface area contributed by atoms with Gasteiger partial charge in [-0.05, 0) is 18.5 Å². The maximum Gasteiger partial charge on any atom is 0.211 e. The Labute approximate surface area is 143 Å². The molecular weight excluding hydrogens is 284 g/mol. The summed E-state index contributed by atoms with van der Waals surface area (Å²) in [6, 6.07) is 2.80. The SMILES string of the molecule is CCCCCCCC[Si](CCCCCCCC)OCCCC. The van der Waals surface area contributed by atoms with Crippen molar-refractivity contribution in [3.8, 4) is 0 Å². The Hall–Kier alpha value is 0.177. The van der Waals surface area contributed by atoms with Gasteiger partial charge in [0.1, 0.15) is 0 Å². The summed E-state index contributed by atoms with van der Waals surface area (Å²) in [5.41, 5.74) is 0. The largest absolute Gasteiger partial charge is 0.417 e. The summed E-state index contributed by atoms with van der Waals surface area (Å²) in [7, 11) is -0.502. The maximum absolute atomic E-state index is 6.24. The molecule has 0 aromatic carbocycles. The first kappa shape index (κ1) is 22.2. The fraction of sp³-hybridized carbons (Fsp3) is 1.00. The average molecular weight is 328 g/mol. The molecule has 2 heteroatoms. The highest BCUT2D eigenvalue weighted by Crippen LogP contribution is 2.16. The molecule has 0 aromatic heterocycles. The van der Waals surface area contributed by atoms with Crippen LogP contribution >= 0.6 is 0 Å². The molecule has 0 saturated carbocycles. The summed E-state index contributed by atoms with van der Waals surface area (Å²) in [6.45, 7) is 7.88. The molecule has 22 heavy (non-hydrogen) atoms. The third-order valence-corrected chi connectivity index (χ3v) is 6.86. The van der Waals surface area contributed by atoms with Crippen molar-refractivity contribution >= 4 is 9.04 Å².